The number of nitrogens with zero attached hydrogens (tertiary/aromatic N) is 1. The van der Waals surface area contributed by atoms with Gasteiger partial charge < -0.3 is 15.4 Å². The maximum Gasteiger partial charge on any atom is 0.227 e. The Balaban J connectivity index is 0.00000220. The summed E-state index contributed by atoms with van der Waals surface area (Å²) in [6.45, 7) is 1.02. The maximum absolute atomic E-state index is 12.2. The van der Waals surface area contributed by atoms with E-state index in [2.05, 4.69) is 0 Å². The molecule has 0 spiro atoms. The van der Waals surface area contributed by atoms with Crippen LogP contribution in [0.15, 0.2) is 24.3 Å². The minimum atomic E-state index is -0.0180. The summed E-state index contributed by atoms with van der Waals surface area (Å²) in [5, 5.41) is 0.680. The number of nitrogens with two attached hydrogens (primary N) is 1. The quantitative estimate of drug-likeness (QED) is 0.901. The fourth-order valence-electron chi connectivity index (χ4n) is 2.52. The van der Waals surface area contributed by atoms with E-state index in [-0.39, 0.29) is 30.3 Å². The van der Waals surface area contributed by atoms with Gasteiger partial charge in [0.05, 0.1) is 12.5 Å². The van der Waals surface area contributed by atoms with E-state index < -0.39 is 0 Å². The molecule has 1 aromatic rings. The third-order valence-corrected chi connectivity index (χ3v) is 4.02. The van der Waals surface area contributed by atoms with Gasteiger partial charge in [-0.1, -0.05) is 18.0 Å². The number of likely N-dealkylation sites (N-methyl/N-ethyl adjacent to an activating group) is 1. The van der Waals surface area contributed by atoms with Gasteiger partial charge in [-0.3, -0.25) is 4.79 Å². The topological polar surface area (TPSA) is 55.6 Å². The van der Waals surface area contributed by atoms with Gasteiger partial charge in [0.2, 0.25) is 5.91 Å². The molecule has 1 aliphatic rings. The first-order valence-corrected chi connectivity index (χ1v) is 7.34. The lowest BCUT2D eigenvalue weighted by Crippen LogP contribution is -2.41. The van der Waals surface area contributed by atoms with Crippen molar-refractivity contribution in [2.75, 3.05) is 20.2 Å². The van der Waals surface area contributed by atoms with E-state index in [1.165, 1.54) is 0 Å². The monoisotopic (exact) mass is 332 g/mol. The smallest absolute Gasteiger partial charge is 0.227 e. The van der Waals surface area contributed by atoms with Crippen LogP contribution in [0.5, 0.6) is 5.75 Å². The summed E-state index contributed by atoms with van der Waals surface area (Å²) >= 11 is 5.80. The van der Waals surface area contributed by atoms with Crippen molar-refractivity contribution in [3.63, 3.8) is 0 Å². The molecule has 0 aliphatic heterocycles. The van der Waals surface area contributed by atoms with Crippen molar-refractivity contribution in [3.8, 4) is 5.75 Å². The maximum atomic E-state index is 12.2. The Kier molecular flexibility index (Phi) is 7.29. The lowest BCUT2D eigenvalue weighted by molar-refractivity contribution is -0.134. The third kappa shape index (κ3) is 5.06. The lowest BCUT2D eigenvalue weighted by atomic mass is 10.0. The lowest BCUT2D eigenvalue weighted by Gasteiger charge is -2.23. The highest BCUT2D eigenvalue weighted by Gasteiger charge is 2.31. The van der Waals surface area contributed by atoms with Gasteiger partial charge in [-0.25, -0.2) is 0 Å². The van der Waals surface area contributed by atoms with E-state index in [1.807, 2.05) is 12.1 Å². The van der Waals surface area contributed by atoms with E-state index in [9.17, 15) is 4.79 Å². The van der Waals surface area contributed by atoms with Crippen LogP contribution < -0.4 is 10.5 Å². The molecule has 1 saturated carbocycles. The first kappa shape index (κ1) is 18.1. The Labute approximate surface area is 137 Å². The van der Waals surface area contributed by atoms with Crippen molar-refractivity contribution in [2.24, 2.45) is 11.7 Å². The van der Waals surface area contributed by atoms with Gasteiger partial charge in [-0.15, -0.1) is 12.4 Å². The van der Waals surface area contributed by atoms with Crippen LogP contribution >= 0.6 is 24.0 Å². The molecule has 2 unspecified atom stereocenters. The van der Waals surface area contributed by atoms with Gasteiger partial charge >= 0.3 is 0 Å². The molecule has 2 N–H and O–H groups in total. The summed E-state index contributed by atoms with van der Waals surface area (Å²) < 4.78 is 5.59. The number of halogens is 2. The molecule has 1 aromatic carbocycles. The van der Waals surface area contributed by atoms with Crippen LogP contribution in [0.1, 0.15) is 19.3 Å². The third-order valence-electron chi connectivity index (χ3n) is 3.77. The fraction of sp³-hybridized carbons (Fsp3) is 0.533. The molecule has 2 rings (SSSR count). The van der Waals surface area contributed by atoms with Crippen LogP contribution in [0, 0.1) is 5.92 Å². The van der Waals surface area contributed by atoms with Gasteiger partial charge in [0.25, 0.3) is 0 Å². The molecule has 0 bridgehead atoms. The summed E-state index contributed by atoms with van der Waals surface area (Å²) in [5.74, 6) is 0.873. The molecule has 0 heterocycles. The summed E-state index contributed by atoms with van der Waals surface area (Å²) in [7, 11) is 1.80. The number of hydrogen-bond acceptors (Lipinski definition) is 3. The van der Waals surface area contributed by atoms with Crippen molar-refractivity contribution in [1.82, 2.24) is 4.90 Å². The number of benzene rings is 1. The first-order valence-electron chi connectivity index (χ1n) is 6.97. The molecule has 1 aliphatic carbocycles. The van der Waals surface area contributed by atoms with Crippen molar-refractivity contribution in [3.05, 3.63) is 29.3 Å². The second kappa shape index (κ2) is 8.47. The molecule has 0 aromatic heterocycles. The molecular weight excluding hydrogens is 311 g/mol. The molecule has 21 heavy (non-hydrogen) atoms. The van der Waals surface area contributed by atoms with E-state index in [4.69, 9.17) is 22.1 Å². The largest absolute Gasteiger partial charge is 0.492 e. The number of rotatable bonds is 5. The molecular formula is C15H22Cl2N2O2. The average molecular weight is 333 g/mol. The van der Waals surface area contributed by atoms with Crippen LogP contribution in [0.2, 0.25) is 5.02 Å². The number of carbonyl (C=O) groups excluding carboxylic acids is 1. The van der Waals surface area contributed by atoms with Gasteiger partial charge in [0, 0.05) is 18.1 Å². The Morgan fingerprint density at radius 1 is 1.38 bits per heavy atom. The van der Waals surface area contributed by atoms with E-state index in [0.717, 1.165) is 25.0 Å². The Morgan fingerprint density at radius 3 is 2.62 bits per heavy atom. The predicted octanol–water partition coefficient (Wildman–Crippen LogP) is 2.73. The average Bonchev–Trinajstić information content (AvgIpc) is 2.86. The summed E-state index contributed by atoms with van der Waals surface area (Å²) in [6.07, 6.45) is 2.90. The van der Waals surface area contributed by atoms with E-state index in [1.54, 1.807) is 24.1 Å². The predicted molar refractivity (Wildman–Crippen MR) is 87.1 cm³/mol. The Morgan fingerprint density at radius 2 is 2.05 bits per heavy atom. The standard InChI is InChI=1S/C15H21ClN2O2.ClH/c1-18(15(19)13-3-2-4-14(13)17)9-10-20-12-7-5-11(16)6-8-12;/h5-8,13-14H,2-4,9-10,17H2,1H3;1H. The van der Waals surface area contributed by atoms with E-state index in [0.29, 0.717) is 18.2 Å². The van der Waals surface area contributed by atoms with Gasteiger partial charge in [-0.05, 0) is 37.1 Å². The number of amides is 1. The van der Waals surface area contributed by atoms with Crippen molar-refractivity contribution in [2.45, 2.75) is 25.3 Å². The highest BCUT2D eigenvalue weighted by Crippen LogP contribution is 2.25. The molecule has 1 fully saturated rings. The van der Waals surface area contributed by atoms with Crippen LogP contribution in [0.3, 0.4) is 0 Å². The summed E-state index contributed by atoms with van der Waals surface area (Å²) in [5.41, 5.74) is 5.96. The minimum Gasteiger partial charge on any atom is -0.492 e. The highest BCUT2D eigenvalue weighted by atomic mass is 35.5. The van der Waals surface area contributed by atoms with Crippen LogP contribution in [-0.2, 0) is 4.79 Å². The Bertz CT molecular complexity index is 453. The SMILES string of the molecule is CN(CCOc1ccc(Cl)cc1)C(=O)C1CCCC1N.Cl. The molecule has 118 valence electrons. The van der Waals surface area contributed by atoms with Crippen LogP contribution in [-0.4, -0.2) is 37.0 Å². The zero-order valence-electron chi connectivity index (χ0n) is 12.1. The fourth-order valence-corrected chi connectivity index (χ4v) is 2.65. The van der Waals surface area contributed by atoms with Crippen molar-refractivity contribution < 1.29 is 9.53 Å². The van der Waals surface area contributed by atoms with Gasteiger partial charge in [0.1, 0.15) is 12.4 Å². The van der Waals surface area contributed by atoms with Crippen LogP contribution in [0.4, 0.5) is 0 Å². The molecule has 2 atom stereocenters. The van der Waals surface area contributed by atoms with Gasteiger partial charge in [0.15, 0.2) is 0 Å². The molecule has 4 nitrogen and oxygen atoms in total. The van der Waals surface area contributed by atoms with Crippen molar-refractivity contribution >= 4 is 29.9 Å². The van der Waals surface area contributed by atoms with Gasteiger partial charge in [-0.2, -0.15) is 0 Å². The second-order valence-electron chi connectivity index (χ2n) is 5.26. The van der Waals surface area contributed by atoms with Crippen molar-refractivity contribution in [1.29, 1.82) is 0 Å². The zero-order valence-corrected chi connectivity index (χ0v) is 13.7. The Hall–Kier alpha value is -0.970. The summed E-state index contributed by atoms with van der Waals surface area (Å²) in [4.78, 5) is 13.9. The summed E-state index contributed by atoms with van der Waals surface area (Å²) in [6, 6.07) is 7.21. The minimum absolute atomic E-state index is 0. The normalized spacial score (nSPS) is 20.7. The molecule has 1 amide bonds. The molecule has 0 saturated heterocycles. The van der Waals surface area contributed by atoms with E-state index >= 15 is 0 Å². The molecule has 6 heteroatoms. The zero-order chi connectivity index (χ0) is 14.5. The number of carbonyl (C=O) groups is 1. The number of hydrogen-bond donors (Lipinski definition) is 1. The first-order chi connectivity index (χ1) is 9.58. The highest BCUT2D eigenvalue weighted by molar-refractivity contribution is 6.30. The molecule has 0 radical (unpaired) electrons. The number of ether oxygens (including phenoxy) is 1. The second-order valence-corrected chi connectivity index (χ2v) is 5.70. The van der Waals surface area contributed by atoms with Crippen LogP contribution in [0.25, 0.3) is 0 Å².